The molecule has 0 aliphatic carbocycles. The van der Waals surface area contributed by atoms with Crippen molar-refractivity contribution in [3.63, 3.8) is 0 Å². The predicted octanol–water partition coefficient (Wildman–Crippen LogP) is 2.13. The summed E-state index contributed by atoms with van der Waals surface area (Å²) in [4.78, 5) is 10.8. The summed E-state index contributed by atoms with van der Waals surface area (Å²) in [6.07, 6.45) is 0. The van der Waals surface area contributed by atoms with E-state index in [2.05, 4.69) is 0 Å². The van der Waals surface area contributed by atoms with Crippen molar-refractivity contribution in [3.8, 4) is 0 Å². The molecular weight excluding hydrogens is 387 g/mol. The lowest BCUT2D eigenvalue weighted by Gasteiger charge is -2.01. The van der Waals surface area contributed by atoms with E-state index in [1.807, 2.05) is 45.2 Å². The SMILES string of the molecule is NC(=O)c1cc(I)c(F)cc1I. The van der Waals surface area contributed by atoms with Crippen LogP contribution in [0.25, 0.3) is 0 Å². The molecule has 2 nitrogen and oxygen atoms in total. The summed E-state index contributed by atoms with van der Waals surface area (Å²) in [5.74, 6) is -0.859. The van der Waals surface area contributed by atoms with Crippen LogP contribution in [0.15, 0.2) is 12.1 Å². The fourth-order valence-electron chi connectivity index (χ4n) is 0.711. The Kier molecular flexibility index (Phi) is 3.27. The molecule has 0 unspecified atom stereocenters. The maximum atomic E-state index is 12.9. The Balaban J connectivity index is 3.33. The first-order chi connectivity index (χ1) is 5.52. The summed E-state index contributed by atoms with van der Waals surface area (Å²) in [6.45, 7) is 0. The topological polar surface area (TPSA) is 43.1 Å². The van der Waals surface area contributed by atoms with Gasteiger partial charge < -0.3 is 5.73 Å². The van der Waals surface area contributed by atoms with Gasteiger partial charge in [0.05, 0.1) is 5.56 Å². The second-order valence-electron chi connectivity index (χ2n) is 2.11. The molecule has 0 radical (unpaired) electrons. The van der Waals surface area contributed by atoms with Crippen molar-refractivity contribution >= 4 is 51.1 Å². The number of amides is 1. The number of benzene rings is 1. The molecule has 0 aliphatic heterocycles. The quantitative estimate of drug-likeness (QED) is 0.579. The van der Waals surface area contributed by atoms with Gasteiger partial charge in [0.15, 0.2) is 0 Å². The van der Waals surface area contributed by atoms with E-state index >= 15 is 0 Å². The molecule has 5 heteroatoms. The minimum absolute atomic E-state index is 0.329. The number of carbonyl (C=O) groups excluding carboxylic acids is 1. The largest absolute Gasteiger partial charge is 0.366 e. The molecule has 0 saturated heterocycles. The number of carbonyl (C=O) groups is 1. The lowest BCUT2D eigenvalue weighted by Crippen LogP contribution is -2.13. The van der Waals surface area contributed by atoms with Crippen molar-refractivity contribution in [2.24, 2.45) is 5.73 Å². The molecular formula is C7H4FI2NO. The minimum atomic E-state index is -0.530. The van der Waals surface area contributed by atoms with Crippen LogP contribution in [-0.4, -0.2) is 5.91 Å². The van der Waals surface area contributed by atoms with Crippen molar-refractivity contribution in [3.05, 3.63) is 30.7 Å². The number of hydrogen-bond donors (Lipinski definition) is 1. The van der Waals surface area contributed by atoms with E-state index in [-0.39, 0.29) is 5.82 Å². The molecule has 0 aromatic heterocycles. The van der Waals surface area contributed by atoms with Gasteiger partial charge in [-0.15, -0.1) is 0 Å². The van der Waals surface area contributed by atoms with Crippen LogP contribution in [0.2, 0.25) is 0 Å². The molecule has 2 N–H and O–H groups in total. The zero-order valence-electron chi connectivity index (χ0n) is 5.77. The Morgan fingerprint density at radius 1 is 1.33 bits per heavy atom. The highest BCUT2D eigenvalue weighted by atomic mass is 127. The fraction of sp³-hybridized carbons (Fsp3) is 0. The molecule has 1 aromatic carbocycles. The van der Waals surface area contributed by atoms with Crippen LogP contribution in [0, 0.1) is 13.0 Å². The molecule has 1 rings (SSSR count). The van der Waals surface area contributed by atoms with Gasteiger partial charge in [0.1, 0.15) is 5.82 Å². The maximum Gasteiger partial charge on any atom is 0.249 e. The van der Waals surface area contributed by atoms with Crippen LogP contribution in [0.4, 0.5) is 4.39 Å². The first kappa shape index (κ1) is 10.2. The van der Waals surface area contributed by atoms with Gasteiger partial charge in [-0.2, -0.15) is 0 Å². The van der Waals surface area contributed by atoms with Crippen LogP contribution in [0.3, 0.4) is 0 Å². The number of primary amides is 1. The Hall–Kier alpha value is 0.0800. The van der Waals surface area contributed by atoms with Crippen molar-refractivity contribution < 1.29 is 9.18 Å². The molecule has 0 heterocycles. The highest BCUT2D eigenvalue weighted by Gasteiger charge is 2.09. The van der Waals surface area contributed by atoms with Gasteiger partial charge in [-0.05, 0) is 57.3 Å². The highest BCUT2D eigenvalue weighted by Crippen LogP contribution is 2.18. The molecule has 0 spiro atoms. The van der Waals surface area contributed by atoms with Crippen LogP contribution < -0.4 is 5.73 Å². The average molecular weight is 391 g/mol. The van der Waals surface area contributed by atoms with Gasteiger partial charge in [0.25, 0.3) is 0 Å². The monoisotopic (exact) mass is 391 g/mol. The van der Waals surface area contributed by atoms with E-state index in [0.717, 1.165) is 0 Å². The second-order valence-corrected chi connectivity index (χ2v) is 4.43. The zero-order valence-corrected chi connectivity index (χ0v) is 10.1. The first-order valence-corrected chi connectivity index (χ1v) is 5.12. The molecule has 0 aliphatic rings. The van der Waals surface area contributed by atoms with E-state index in [4.69, 9.17) is 5.73 Å². The van der Waals surface area contributed by atoms with Crippen molar-refractivity contribution in [2.45, 2.75) is 0 Å². The highest BCUT2D eigenvalue weighted by molar-refractivity contribution is 14.1. The normalized spacial score (nSPS) is 9.92. The van der Waals surface area contributed by atoms with Crippen LogP contribution in [0.1, 0.15) is 10.4 Å². The Morgan fingerprint density at radius 3 is 2.42 bits per heavy atom. The third-order valence-corrected chi connectivity index (χ3v) is 2.99. The maximum absolute atomic E-state index is 12.9. The van der Waals surface area contributed by atoms with Crippen molar-refractivity contribution in [1.29, 1.82) is 0 Å². The van der Waals surface area contributed by atoms with E-state index in [1.54, 1.807) is 0 Å². The Bertz CT molecular complexity index is 340. The summed E-state index contributed by atoms with van der Waals surface area (Å²) < 4.78 is 13.8. The van der Waals surface area contributed by atoms with Crippen molar-refractivity contribution in [2.75, 3.05) is 0 Å². The van der Waals surface area contributed by atoms with Gasteiger partial charge in [0.2, 0.25) is 5.91 Å². The van der Waals surface area contributed by atoms with Gasteiger partial charge in [-0.3, -0.25) is 4.79 Å². The van der Waals surface area contributed by atoms with E-state index in [9.17, 15) is 9.18 Å². The summed E-state index contributed by atoms with van der Waals surface area (Å²) in [5.41, 5.74) is 5.43. The number of halogens is 3. The van der Waals surface area contributed by atoms with Crippen LogP contribution >= 0.6 is 45.2 Å². The predicted molar refractivity (Wildman–Crippen MR) is 60.4 cm³/mol. The van der Waals surface area contributed by atoms with E-state index < -0.39 is 5.91 Å². The molecule has 0 saturated carbocycles. The Morgan fingerprint density at radius 2 is 1.92 bits per heavy atom. The molecule has 1 amide bonds. The van der Waals surface area contributed by atoms with Crippen LogP contribution in [-0.2, 0) is 0 Å². The molecule has 12 heavy (non-hydrogen) atoms. The fourth-order valence-corrected chi connectivity index (χ4v) is 1.87. The molecule has 0 atom stereocenters. The number of hydrogen-bond acceptors (Lipinski definition) is 1. The summed E-state index contributed by atoms with van der Waals surface area (Å²) >= 11 is 3.69. The third-order valence-electron chi connectivity index (χ3n) is 1.28. The van der Waals surface area contributed by atoms with Crippen LogP contribution in [0.5, 0.6) is 0 Å². The standard InChI is InChI=1S/C7H4FI2NO/c8-4-2-5(9)3(7(11)12)1-6(4)10/h1-2H,(H2,11,12). The number of rotatable bonds is 1. The smallest absolute Gasteiger partial charge is 0.249 e. The molecule has 1 aromatic rings. The minimum Gasteiger partial charge on any atom is -0.366 e. The number of nitrogens with two attached hydrogens (primary N) is 1. The Labute approximate surface area is 96.0 Å². The van der Waals surface area contributed by atoms with Gasteiger partial charge in [-0.25, -0.2) is 4.39 Å². The van der Waals surface area contributed by atoms with E-state index in [0.29, 0.717) is 12.7 Å². The summed E-state index contributed by atoms with van der Waals surface area (Å²) in [5, 5.41) is 0. The zero-order chi connectivity index (χ0) is 9.30. The van der Waals surface area contributed by atoms with Gasteiger partial charge in [-0.1, -0.05) is 0 Å². The lowest BCUT2D eigenvalue weighted by molar-refractivity contribution is 0.0999. The first-order valence-electron chi connectivity index (χ1n) is 2.96. The summed E-state index contributed by atoms with van der Waals surface area (Å²) in [7, 11) is 0. The molecule has 0 fully saturated rings. The van der Waals surface area contributed by atoms with Gasteiger partial charge >= 0.3 is 0 Å². The van der Waals surface area contributed by atoms with Crippen molar-refractivity contribution in [1.82, 2.24) is 0 Å². The third kappa shape index (κ3) is 2.06. The second kappa shape index (κ2) is 3.86. The van der Waals surface area contributed by atoms with E-state index in [1.165, 1.54) is 12.1 Å². The molecule has 64 valence electrons. The lowest BCUT2D eigenvalue weighted by atomic mass is 10.2. The van der Waals surface area contributed by atoms with Gasteiger partial charge in [0, 0.05) is 7.14 Å². The average Bonchev–Trinajstić information content (AvgIpc) is 1.96. The molecule has 0 bridgehead atoms. The summed E-state index contributed by atoms with van der Waals surface area (Å²) in [6, 6.07) is 2.74.